The van der Waals surface area contributed by atoms with Crippen LogP contribution in [0.2, 0.25) is 0 Å². The van der Waals surface area contributed by atoms with Gasteiger partial charge < -0.3 is 9.88 Å². The first-order valence-electron chi connectivity index (χ1n) is 6.85. The summed E-state index contributed by atoms with van der Waals surface area (Å²) in [6.07, 6.45) is 7.64. The summed E-state index contributed by atoms with van der Waals surface area (Å²) < 4.78 is 4.17. The molecule has 0 fully saturated rings. The molecule has 1 atom stereocenters. The van der Waals surface area contributed by atoms with Gasteiger partial charge in [-0.05, 0) is 25.5 Å². The van der Waals surface area contributed by atoms with Crippen molar-refractivity contribution in [3.63, 3.8) is 0 Å². The molecule has 0 radical (unpaired) electrons. The highest BCUT2D eigenvalue weighted by Gasteiger charge is 2.10. The first-order valence-corrected chi connectivity index (χ1v) is 6.85. The van der Waals surface area contributed by atoms with Crippen molar-refractivity contribution >= 4 is 0 Å². The van der Waals surface area contributed by atoms with Gasteiger partial charge in [0.05, 0.1) is 24.6 Å². The van der Waals surface area contributed by atoms with Crippen molar-refractivity contribution in [2.24, 2.45) is 5.92 Å². The third kappa shape index (κ3) is 3.92. The third-order valence-electron chi connectivity index (χ3n) is 3.09. The van der Waals surface area contributed by atoms with E-state index in [1.165, 1.54) is 5.69 Å². The van der Waals surface area contributed by atoms with Crippen LogP contribution in [-0.4, -0.2) is 25.9 Å². The Morgan fingerprint density at radius 3 is 2.84 bits per heavy atom. The molecule has 5 nitrogen and oxygen atoms in total. The molecule has 2 aromatic heterocycles. The molecule has 0 amide bonds. The van der Waals surface area contributed by atoms with E-state index >= 15 is 0 Å². The molecule has 0 saturated carbocycles. The number of nitrogens with zero attached hydrogens (tertiary/aromatic N) is 4. The fraction of sp³-hybridized carbons (Fsp3) is 0.571. The van der Waals surface area contributed by atoms with Gasteiger partial charge in [0.1, 0.15) is 0 Å². The summed E-state index contributed by atoms with van der Waals surface area (Å²) in [5.41, 5.74) is 1.22. The van der Waals surface area contributed by atoms with Crippen molar-refractivity contribution < 1.29 is 0 Å². The van der Waals surface area contributed by atoms with Crippen LogP contribution >= 0.6 is 0 Å². The molecule has 0 spiro atoms. The van der Waals surface area contributed by atoms with E-state index in [9.17, 15) is 0 Å². The highest BCUT2D eigenvalue weighted by Crippen LogP contribution is 2.12. The molecule has 5 heteroatoms. The van der Waals surface area contributed by atoms with Crippen LogP contribution in [0.5, 0.6) is 0 Å². The van der Waals surface area contributed by atoms with E-state index < -0.39 is 0 Å². The lowest BCUT2D eigenvalue weighted by Crippen LogP contribution is -2.22. The van der Waals surface area contributed by atoms with Gasteiger partial charge >= 0.3 is 0 Å². The topological polar surface area (TPSA) is 47.7 Å². The highest BCUT2D eigenvalue weighted by atomic mass is 15.3. The fourth-order valence-corrected chi connectivity index (χ4v) is 2.12. The second-order valence-electron chi connectivity index (χ2n) is 5.39. The van der Waals surface area contributed by atoms with Gasteiger partial charge in [-0.1, -0.05) is 13.8 Å². The predicted octanol–water partition coefficient (Wildman–Crippen LogP) is 2.09. The third-order valence-corrected chi connectivity index (χ3v) is 3.09. The molecule has 2 rings (SSSR count). The average Bonchev–Trinajstić information content (AvgIpc) is 2.99. The molecule has 0 aromatic carbocycles. The van der Waals surface area contributed by atoms with Crippen LogP contribution in [0.15, 0.2) is 31.0 Å². The van der Waals surface area contributed by atoms with Gasteiger partial charge in [0.25, 0.3) is 0 Å². The molecule has 0 saturated heterocycles. The van der Waals surface area contributed by atoms with Gasteiger partial charge in [-0.25, -0.2) is 4.98 Å². The number of rotatable bonds is 7. The van der Waals surface area contributed by atoms with Gasteiger partial charge in [-0.2, -0.15) is 5.10 Å². The zero-order valence-electron chi connectivity index (χ0n) is 12.0. The van der Waals surface area contributed by atoms with Crippen molar-refractivity contribution in [1.29, 1.82) is 0 Å². The Morgan fingerprint density at radius 2 is 2.16 bits per heavy atom. The molecule has 0 aliphatic carbocycles. The summed E-state index contributed by atoms with van der Waals surface area (Å²) in [5, 5.41) is 7.71. The highest BCUT2D eigenvalue weighted by molar-refractivity contribution is 5.00. The Balaban J connectivity index is 1.94. The van der Waals surface area contributed by atoms with E-state index in [2.05, 4.69) is 40.7 Å². The van der Waals surface area contributed by atoms with Crippen molar-refractivity contribution in [2.75, 3.05) is 6.54 Å². The molecule has 1 N–H and O–H groups in total. The monoisotopic (exact) mass is 261 g/mol. The predicted molar refractivity (Wildman–Crippen MR) is 75.7 cm³/mol. The summed E-state index contributed by atoms with van der Waals surface area (Å²) in [6.45, 7) is 9.37. The summed E-state index contributed by atoms with van der Waals surface area (Å²) in [7, 11) is 0. The Hall–Kier alpha value is -1.62. The van der Waals surface area contributed by atoms with Crippen molar-refractivity contribution in [3.05, 3.63) is 36.7 Å². The lowest BCUT2D eigenvalue weighted by Gasteiger charge is -2.17. The van der Waals surface area contributed by atoms with Crippen molar-refractivity contribution in [3.8, 4) is 0 Å². The molecule has 0 bridgehead atoms. The van der Waals surface area contributed by atoms with Gasteiger partial charge in [0, 0.05) is 25.1 Å². The summed E-state index contributed by atoms with van der Waals surface area (Å²) in [4.78, 5) is 4.26. The van der Waals surface area contributed by atoms with Crippen molar-refractivity contribution in [2.45, 2.75) is 39.9 Å². The summed E-state index contributed by atoms with van der Waals surface area (Å²) in [6, 6.07) is 2.30. The average molecular weight is 261 g/mol. The van der Waals surface area contributed by atoms with Crippen LogP contribution in [0.1, 0.15) is 32.5 Å². The van der Waals surface area contributed by atoms with E-state index in [4.69, 9.17) is 0 Å². The van der Waals surface area contributed by atoms with Crippen LogP contribution in [0.4, 0.5) is 0 Å². The second-order valence-corrected chi connectivity index (χ2v) is 5.39. The summed E-state index contributed by atoms with van der Waals surface area (Å²) in [5.74, 6) is 0.665. The SMILES string of the molecule is CC(C)CNCc1cncn1C(C)Cn1cccn1. The maximum Gasteiger partial charge on any atom is 0.0951 e. The minimum Gasteiger partial charge on any atom is -0.329 e. The van der Waals surface area contributed by atoms with E-state index in [-0.39, 0.29) is 0 Å². The molecule has 2 aromatic rings. The van der Waals surface area contributed by atoms with E-state index in [1.54, 1.807) is 0 Å². The lowest BCUT2D eigenvalue weighted by atomic mass is 10.2. The van der Waals surface area contributed by atoms with Crippen LogP contribution < -0.4 is 5.32 Å². The first-order chi connectivity index (χ1) is 9.16. The maximum absolute atomic E-state index is 4.26. The minimum atomic E-state index is 0.346. The van der Waals surface area contributed by atoms with Crippen LogP contribution in [0, 0.1) is 5.92 Å². The van der Waals surface area contributed by atoms with Crippen LogP contribution in [-0.2, 0) is 13.1 Å². The Labute approximate surface area is 114 Å². The smallest absolute Gasteiger partial charge is 0.0951 e. The van der Waals surface area contributed by atoms with Crippen LogP contribution in [0.3, 0.4) is 0 Å². The number of imidazole rings is 1. The fourth-order valence-electron chi connectivity index (χ4n) is 2.12. The van der Waals surface area contributed by atoms with E-state index in [0.29, 0.717) is 12.0 Å². The first kappa shape index (κ1) is 13.8. The zero-order chi connectivity index (χ0) is 13.7. The van der Waals surface area contributed by atoms with E-state index in [1.807, 2.05) is 35.7 Å². The van der Waals surface area contributed by atoms with Gasteiger partial charge in [-0.3, -0.25) is 4.68 Å². The minimum absolute atomic E-state index is 0.346. The summed E-state index contributed by atoms with van der Waals surface area (Å²) >= 11 is 0. The zero-order valence-corrected chi connectivity index (χ0v) is 12.0. The largest absolute Gasteiger partial charge is 0.329 e. The normalized spacial score (nSPS) is 13.1. The maximum atomic E-state index is 4.26. The molecule has 0 aliphatic heterocycles. The number of aromatic nitrogens is 4. The molecular weight excluding hydrogens is 238 g/mol. The molecule has 19 heavy (non-hydrogen) atoms. The quantitative estimate of drug-likeness (QED) is 0.830. The van der Waals surface area contributed by atoms with Crippen molar-refractivity contribution in [1.82, 2.24) is 24.6 Å². The Kier molecular flexibility index (Phi) is 4.74. The van der Waals surface area contributed by atoms with E-state index in [0.717, 1.165) is 19.6 Å². The molecule has 0 aliphatic rings. The lowest BCUT2D eigenvalue weighted by molar-refractivity contribution is 0.421. The molecule has 104 valence electrons. The Bertz CT molecular complexity index is 472. The van der Waals surface area contributed by atoms with Crippen LogP contribution in [0.25, 0.3) is 0 Å². The van der Waals surface area contributed by atoms with Gasteiger partial charge in [-0.15, -0.1) is 0 Å². The molecular formula is C14H23N5. The number of hydrogen-bond acceptors (Lipinski definition) is 3. The Morgan fingerprint density at radius 1 is 1.32 bits per heavy atom. The number of hydrogen-bond donors (Lipinski definition) is 1. The number of nitrogens with one attached hydrogen (secondary N) is 1. The van der Waals surface area contributed by atoms with Gasteiger partial charge in [0.15, 0.2) is 0 Å². The second kappa shape index (κ2) is 6.52. The van der Waals surface area contributed by atoms with Gasteiger partial charge in [0.2, 0.25) is 0 Å². The standard InChI is InChI=1S/C14H23N5/c1-12(2)7-15-8-14-9-16-11-19(14)13(3)10-18-6-4-5-17-18/h4-6,9,11-13,15H,7-8,10H2,1-3H3. The molecule has 2 heterocycles. The molecule has 1 unspecified atom stereocenters.